The van der Waals surface area contributed by atoms with E-state index in [4.69, 9.17) is 27.9 Å². The summed E-state index contributed by atoms with van der Waals surface area (Å²) in [6.07, 6.45) is 2.12. The molecule has 0 aliphatic rings. The van der Waals surface area contributed by atoms with Crippen LogP contribution in [-0.2, 0) is 10.5 Å². The summed E-state index contributed by atoms with van der Waals surface area (Å²) in [5.41, 5.74) is 1.72. The van der Waals surface area contributed by atoms with Crippen molar-refractivity contribution >= 4 is 52.5 Å². The highest BCUT2D eigenvalue weighted by atomic mass is 35.5. The minimum atomic E-state index is -0.419. The number of carbonyl (C=O) groups is 2. The number of nitrogens with zero attached hydrogens (tertiary/aromatic N) is 2. The molecule has 1 aromatic heterocycles. The maximum atomic E-state index is 12.5. The number of nitrogens with one attached hydrogen (secondary N) is 2. The van der Waals surface area contributed by atoms with Crippen LogP contribution in [-0.4, -0.2) is 35.4 Å². The molecule has 2 aromatic carbocycles. The summed E-state index contributed by atoms with van der Waals surface area (Å²) in [4.78, 5) is 33.0. The van der Waals surface area contributed by atoms with Crippen LogP contribution in [0, 0.1) is 0 Å². The second-order valence-corrected chi connectivity index (χ2v) is 8.62. The molecule has 0 bridgehead atoms. The van der Waals surface area contributed by atoms with E-state index in [0.717, 1.165) is 5.56 Å². The van der Waals surface area contributed by atoms with Gasteiger partial charge in [-0.05, 0) is 42.3 Å². The van der Waals surface area contributed by atoms with Gasteiger partial charge in [0.2, 0.25) is 5.91 Å². The van der Waals surface area contributed by atoms with Gasteiger partial charge in [0.25, 0.3) is 5.91 Å². The molecule has 0 spiro atoms. The number of thioether (sulfide) groups is 1. The molecule has 172 valence electrons. The molecule has 2 amide bonds. The Labute approximate surface area is 206 Å². The quantitative estimate of drug-likeness (QED) is 0.223. The first-order chi connectivity index (χ1) is 16.0. The van der Waals surface area contributed by atoms with Crippen LogP contribution in [0.15, 0.2) is 59.9 Å². The fraction of sp³-hybridized carbons (Fsp3) is 0.217. The maximum Gasteiger partial charge on any atom is 0.271 e. The van der Waals surface area contributed by atoms with Crippen molar-refractivity contribution in [3.63, 3.8) is 0 Å². The van der Waals surface area contributed by atoms with Gasteiger partial charge in [-0.2, -0.15) is 0 Å². The summed E-state index contributed by atoms with van der Waals surface area (Å²) in [5.74, 6) is 0.709. The Morgan fingerprint density at radius 1 is 1.06 bits per heavy atom. The number of amides is 2. The molecular formula is C23H22Cl2N4O3S. The van der Waals surface area contributed by atoms with Crippen molar-refractivity contribution in [3.05, 3.63) is 76.0 Å². The van der Waals surface area contributed by atoms with E-state index in [9.17, 15) is 9.59 Å². The Hall–Kier alpha value is -2.81. The number of ether oxygens (including phenoxy) is 1. The van der Waals surface area contributed by atoms with Gasteiger partial charge < -0.3 is 15.4 Å². The smallest absolute Gasteiger partial charge is 0.271 e. The summed E-state index contributed by atoms with van der Waals surface area (Å²) in [6.45, 7) is 0.303. The van der Waals surface area contributed by atoms with Gasteiger partial charge >= 0.3 is 0 Å². The topological polar surface area (TPSA) is 93.2 Å². The highest BCUT2D eigenvalue weighted by Gasteiger charge is 2.15. The highest BCUT2D eigenvalue weighted by molar-refractivity contribution is 7.98. The van der Waals surface area contributed by atoms with Crippen molar-refractivity contribution in [1.29, 1.82) is 0 Å². The third kappa shape index (κ3) is 7.63. The van der Waals surface area contributed by atoms with Crippen LogP contribution in [0.4, 0.5) is 5.69 Å². The number of aromatic nitrogens is 2. The van der Waals surface area contributed by atoms with E-state index >= 15 is 0 Å². The van der Waals surface area contributed by atoms with E-state index in [1.807, 2.05) is 24.3 Å². The number of hydrogen-bond acceptors (Lipinski definition) is 6. The Bertz CT molecular complexity index is 1110. The number of halogens is 2. The zero-order valence-corrected chi connectivity index (χ0v) is 20.1. The van der Waals surface area contributed by atoms with Crippen molar-refractivity contribution < 1.29 is 14.3 Å². The molecule has 0 radical (unpaired) electrons. The molecule has 0 unspecified atom stereocenters. The summed E-state index contributed by atoms with van der Waals surface area (Å²) >= 11 is 13.7. The first-order valence-electron chi connectivity index (χ1n) is 10.1. The van der Waals surface area contributed by atoms with Gasteiger partial charge in [0.1, 0.15) is 5.75 Å². The van der Waals surface area contributed by atoms with Crippen LogP contribution in [0.1, 0.15) is 28.9 Å². The predicted molar refractivity (Wildman–Crippen MR) is 131 cm³/mol. The van der Waals surface area contributed by atoms with Crippen LogP contribution < -0.4 is 15.4 Å². The van der Waals surface area contributed by atoms with E-state index in [1.54, 1.807) is 31.4 Å². The lowest BCUT2D eigenvalue weighted by atomic mass is 10.2. The molecule has 0 aliphatic heterocycles. The molecule has 0 atom stereocenters. The molecule has 33 heavy (non-hydrogen) atoms. The largest absolute Gasteiger partial charge is 0.497 e. The molecule has 1 heterocycles. The van der Waals surface area contributed by atoms with Gasteiger partial charge in [-0.1, -0.05) is 53.2 Å². The second kappa shape index (κ2) is 12.4. The third-order valence-corrected chi connectivity index (χ3v) is 6.05. The van der Waals surface area contributed by atoms with Crippen LogP contribution in [0.2, 0.25) is 10.0 Å². The molecule has 2 N–H and O–H groups in total. The molecule has 10 heteroatoms. The van der Waals surface area contributed by atoms with Gasteiger partial charge in [-0.25, -0.2) is 9.97 Å². The van der Waals surface area contributed by atoms with Gasteiger partial charge in [-0.15, -0.1) is 0 Å². The number of hydrogen-bond donors (Lipinski definition) is 2. The Balaban J connectivity index is 1.46. The number of rotatable bonds is 10. The van der Waals surface area contributed by atoms with Gasteiger partial charge in [-0.3, -0.25) is 9.59 Å². The van der Waals surface area contributed by atoms with Crippen molar-refractivity contribution in [3.8, 4) is 5.75 Å². The Morgan fingerprint density at radius 2 is 1.82 bits per heavy atom. The van der Waals surface area contributed by atoms with Crippen molar-refractivity contribution in [2.75, 3.05) is 19.0 Å². The average Bonchev–Trinajstić information content (AvgIpc) is 2.82. The summed E-state index contributed by atoms with van der Waals surface area (Å²) < 4.78 is 5.09. The van der Waals surface area contributed by atoms with E-state index in [-0.39, 0.29) is 23.0 Å². The summed E-state index contributed by atoms with van der Waals surface area (Å²) in [6, 6.07) is 14.6. The van der Waals surface area contributed by atoms with E-state index in [1.165, 1.54) is 18.0 Å². The van der Waals surface area contributed by atoms with Gasteiger partial charge in [0, 0.05) is 29.4 Å². The lowest BCUT2D eigenvalue weighted by molar-refractivity contribution is -0.116. The van der Waals surface area contributed by atoms with Gasteiger partial charge in [0.15, 0.2) is 10.9 Å². The fourth-order valence-corrected chi connectivity index (χ4v) is 4.05. The first-order valence-corrected chi connectivity index (χ1v) is 11.8. The fourth-order valence-electron chi connectivity index (χ4n) is 2.77. The Kier molecular flexibility index (Phi) is 9.35. The van der Waals surface area contributed by atoms with Crippen LogP contribution in [0.25, 0.3) is 0 Å². The van der Waals surface area contributed by atoms with Gasteiger partial charge in [0.05, 0.1) is 18.3 Å². The molecule has 0 fully saturated rings. The zero-order valence-electron chi connectivity index (χ0n) is 17.8. The Morgan fingerprint density at radius 3 is 2.55 bits per heavy atom. The first kappa shape index (κ1) is 24.8. The van der Waals surface area contributed by atoms with Crippen LogP contribution in [0.5, 0.6) is 5.75 Å². The number of methoxy groups -OCH3 is 1. The normalized spacial score (nSPS) is 10.5. The molecule has 0 saturated heterocycles. The lowest BCUT2D eigenvalue weighted by Gasteiger charge is -2.09. The molecule has 3 aromatic rings. The van der Waals surface area contributed by atoms with Crippen molar-refractivity contribution in [2.24, 2.45) is 0 Å². The molecule has 0 saturated carbocycles. The molecule has 3 rings (SSSR count). The summed E-state index contributed by atoms with van der Waals surface area (Å²) in [7, 11) is 1.58. The van der Waals surface area contributed by atoms with E-state index in [0.29, 0.717) is 40.3 Å². The van der Waals surface area contributed by atoms with Crippen molar-refractivity contribution in [2.45, 2.75) is 23.8 Å². The van der Waals surface area contributed by atoms with Crippen LogP contribution >= 0.6 is 35.0 Å². The number of anilines is 1. The molecule has 7 nitrogen and oxygen atoms in total. The maximum absolute atomic E-state index is 12.5. The lowest BCUT2D eigenvalue weighted by Crippen LogP contribution is -2.27. The highest BCUT2D eigenvalue weighted by Crippen LogP contribution is 2.25. The number of carbonyl (C=O) groups excluding carboxylic acids is 2. The summed E-state index contributed by atoms with van der Waals surface area (Å²) in [5, 5.41) is 6.78. The molecular weight excluding hydrogens is 483 g/mol. The minimum absolute atomic E-state index is 0.0935. The predicted octanol–water partition coefficient (Wildman–Crippen LogP) is 5.23. The average molecular weight is 505 g/mol. The SMILES string of the molecule is COc1ccc(NC(=O)CCCNC(=O)c2nc(SCc3ccccc3Cl)ncc2Cl)cc1. The zero-order chi connectivity index (χ0) is 23.6. The molecule has 0 aliphatic carbocycles. The monoisotopic (exact) mass is 504 g/mol. The van der Waals surface area contributed by atoms with Crippen molar-refractivity contribution in [1.82, 2.24) is 15.3 Å². The van der Waals surface area contributed by atoms with E-state index in [2.05, 4.69) is 20.6 Å². The standard InChI is InChI=1S/C23H22Cl2N4O3S/c1-32-17-10-8-16(9-11-17)28-20(30)7-4-12-26-22(31)21-19(25)13-27-23(29-21)33-14-15-5-2-3-6-18(15)24/h2-3,5-6,8-11,13H,4,7,12,14H2,1H3,(H,26,31)(H,28,30). The van der Waals surface area contributed by atoms with Crippen LogP contribution in [0.3, 0.4) is 0 Å². The second-order valence-electron chi connectivity index (χ2n) is 6.87. The number of benzene rings is 2. The minimum Gasteiger partial charge on any atom is -0.497 e. The third-order valence-electron chi connectivity index (χ3n) is 4.49. The van der Waals surface area contributed by atoms with E-state index < -0.39 is 5.91 Å².